The van der Waals surface area contributed by atoms with Gasteiger partial charge in [0.1, 0.15) is 6.26 Å². The predicted octanol–water partition coefficient (Wildman–Crippen LogP) is 4.13. The Labute approximate surface area is 123 Å². The highest BCUT2D eigenvalue weighted by atomic mass is 16.3. The summed E-state index contributed by atoms with van der Waals surface area (Å²) in [6.45, 7) is 0.523. The quantitative estimate of drug-likeness (QED) is 0.718. The van der Waals surface area contributed by atoms with Crippen molar-refractivity contribution in [3.8, 4) is 0 Å². The molecule has 21 heavy (non-hydrogen) atoms. The molecule has 0 aliphatic carbocycles. The van der Waals surface area contributed by atoms with Gasteiger partial charge in [-0.15, -0.1) is 0 Å². The Kier molecular flexibility index (Phi) is 3.83. The molecule has 0 aliphatic rings. The van der Waals surface area contributed by atoms with Crippen molar-refractivity contribution >= 4 is 11.6 Å². The second-order valence-electron chi connectivity index (χ2n) is 4.72. The zero-order chi connectivity index (χ0) is 14.5. The van der Waals surface area contributed by atoms with E-state index in [0.29, 0.717) is 12.1 Å². The Bertz CT molecular complexity index is 691. The first-order valence-corrected chi connectivity index (χ1v) is 6.77. The number of amides is 1. The molecule has 1 amide bonds. The molecule has 2 aromatic carbocycles. The van der Waals surface area contributed by atoms with Crippen LogP contribution in [0.1, 0.15) is 15.9 Å². The van der Waals surface area contributed by atoms with Gasteiger partial charge in [0, 0.05) is 5.69 Å². The fraction of sp³-hybridized carbons (Fsp3) is 0.0556. The average molecular weight is 277 g/mol. The highest BCUT2D eigenvalue weighted by molar-refractivity contribution is 6.05. The maximum absolute atomic E-state index is 12.7. The van der Waals surface area contributed by atoms with E-state index in [2.05, 4.69) is 0 Å². The van der Waals surface area contributed by atoms with Crippen LogP contribution in [-0.4, -0.2) is 5.91 Å². The van der Waals surface area contributed by atoms with Gasteiger partial charge >= 0.3 is 0 Å². The van der Waals surface area contributed by atoms with Crippen LogP contribution < -0.4 is 4.90 Å². The first kappa shape index (κ1) is 13.2. The maximum atomic E-state index is 12.7. The van der Waals surface area contributed by atoms with Crippen molar-refractivity contribution in [2.24, 2.45) is 0 Å². The van der Waals surface area contributed by atoms with E-state index in [4.69, 9.17) is 4.42 Å². The Morgan fingerprint density at radius 2 is 1.57 bits per heavy atom. The largest absolute Gasteiger partial charge is 0.472 e. The summed E-state index contributed by atoms with van der Waals surface area (Å²) < 4.78 is 5.02. The number of nitrogens with zero attached hydrogens (tertiary/aromatic N) is 1. The molecule has 1 heterocycles. The van der Waals surface area contributed by atoms with Crippen LogP contribution in [0.25, 0.3) is 0 Å². The van der Waals surface area contributed by atoms with Gasteiger partial charge in [-0.05, 0) is 23.8 Å². The third-order valence-corrected chi connectivity index (χ3v) is 3.26. The number of furan rings is 1. The minimum atomic E-state index is -0.0706. The molecular weight excluding hydrogens is 262 g/mol. The minimum absolute atomic E-state index is 0.0706. The third-order valence-electron chi connectivity index (χ3n) is 3.26. The number of hydrogen-bond donors (Lipinski definition) is 0. The molecule has 104 valence electrons. The molecule has 0 bridgehead atoms. The number of carbonyl (C=O) groups excluding carboxylic acids is 1. The number of anilines is 1. The molecule has 0 spiro atoms. The van der Waals surface area contributed by atoms with Gasteiger partial charge in [0.25, 0.3) is 5.91 Å². The molecule has 0 saturated heterocycles. The standard InChI is InChI=1S/C18H15NO2/c20-18(16-11-12-21-14-16)19(17-9-5-2-6-10-17)13-15-7-3-1-4-8-15/h1-12,14H,13H2. The van der Waals surface area contributed by atoms with Gasteiger partial charge in [-0.25, -0.2) is 0 Å². The molecule has 0 unspecified atom stereocenters. The second kappa shape index (κ2) is 6.09. The van der Waals surface area contributed by atoms with E-state index in [1.54, 1.807) is 11.0 Å². The molecule has 3 aromatic rings. The van der Waals surface area contributed by atoms with E-state index in [9.17, 15) is 4.79 Å². The van der Waals surface area contributed by atoms with Crippen molar-refractivity contribution in [2.75, 3.05) is 4.90 Å². The molecule has 0 saturated carbocycles. The van der Waals surface area contributed by atoms with Crippen LogP contribution in [0.3, 0.4) is 0 Å². The van der Waals surface area contributed by atoms with Crippen molar-refractivity contribution in [3.63, 3.8) is 0 Å². The summed E-state index contributed by atoms with van der Waals surface area (Å²) in [7, 11) is 0. The summed E-state index contributed by atoms with van der Waals surface area (Å²) in [6.07, 6.45) is 2.99. The van der Waals surface area contributed by atoms with Crippen molar-refractivity contribution < 1.29 is 9.21 Å². The fourth-order valence-corrected chi connectivity index (χ4v) is 2.20. The molecular formula is C18H15NO2. The van der Waals surface area contributed by atoms with Gasteiger partial charge in [0.05, 0.1) is 18.4 Å². The van der Waals surface area contributed by atoms with Crippen LogP contribution >= 0.6 is 0 Å². The summed E-state index contributed by atoms with van der Waals surface area (Å²) in [5.41, 5.74) is 2.50. The van der Waals surface area contributed by atoms with Crippen LogP contribution in [0.2, 0.25) is 0 Å². The highest BCUT2D eigenvalue weighted by Gasteiger charge is 2.18. The summed E-state index contributed by atoms with van der Waals surface area (Å²) in [4.78, 5) is 14.4. The van der Waals surface area contributed by atoms with Gasteiger partial charge in [-0.3, -0.25) is 4.79 Å². The van der Waals surface area contributed by atoms with E-state index in [-0.39, 0.29) is 5.91 Å². The molecule has 1 aromatic heterocycles. The normalized spacial score (nSPS) is 10.3. The SMILES string of the molecule is O=C(c1ccoc1)N(Cc1ccccc1)c1ccccc1. The monoisotopic (exact) mass is 277 g/mol. The third kappa shape index (κ3) is 3.03. The smallest absolute Gasteiger partial charge is 0.261 e. The zero-order valence-corrected chi connectivity index (χ0v) is 11.5. The van der Waals surface area contributed by atoms with E-state index >= 15 is 0 Å². The van der Waals surface area contributed by atoms with Gasteiger partial charge in [-0.2, -0.15) is 0 Å². The Morgan fingerprint density at radius 3 is 2.19 bits per heavy atom. The van der Waals surface area contributed by atoms with Crippen molar-refractivity contribution in [2.45, 2.75) is 6.54 Å². The Morgan fingerprint density at radius 1 is 0.905 bits per heavy atom. The van der Waals surface area contributed by atoms with E-state index < -0.39 is 0 Å². The molecule has 0 aliphatic heterocycles. The first-order valence-electron chi connectivity index (χ1n) is 6.77. The summed E-state index contributed by atoms with van der Waals surface area (Å²) in [6, 6.07) is 21.3. The number of rotatable bonds is 4. The fourth-order valence-electron chi connectivity index (χ4n) is 2.20. The number of hydrogen-bond acceptors (Lipinski definition) is 2. The predicted molar refractivity (Wildman–Crippen MR) is 82.1 cm³/mol. The minimum Gasteiger partial charge on any atom is -0.472 e. The van der Waals surface area contributed by atoms with Crippen LogP contribution in [0, 0.1) is 0 Å². The zero-order valence-electron chi connectivity index (χ0n) is 11.5. The number of carbonyl (C=O) groups is 1. The van der Waals surface area contributed by atoms with Gasteiger partial charge in [0.15, 0.2) is 0 Å². The summed E-state index contributed by atoms with van der Waals surface area (Å²) in [5, 5.41) is 0. The number of para-hydroxylation sites is 1. The van der Waals surface area contributed by atoms with Crippen molar-refractivity contribution in [3.05, 3.63) is 90.4 Å². The topological polar surface area (TPSA) is 33.5 Å². The van der Waals surface area contributed by atoms with Gasteiger partial charge in [-0.1, -0.05) is 48.5 Å². The lowest BCUT2D eigenvalue weighted by molar-refractivity contribution is 0.0984. The Balaban J connectivity index is 1.93. The van der Waals surface area contributed by atoms with Crippen LogP contribution in [0.5, 0.6) is 0 Å². The molecule has 0 radical (unpaired) electrons. The van der Waals surface area contributed by atoms with Crippen LogP contribution in [0.15, 0.2) is 83.7 Å². The lowest BCUT2D eigenvalue weighted by atomic mass is 10.1. The maximum Gasteiger partial charge on any atom is 0.261 e. The second-order valence-corrected chi connectivity index (χ2v) is 4.72. The molecule has 3 heteroatoms. The van der Waals surface area contributed by atoms with E-state index in [0.717, 1.165) is 11.3 Å². The number of benzene rings is 2. The van der Waals surface area contributed by atoms with E-state index in [1.807, 2.05) is 60.7 Å². The highest BCUT2D eigenvalue weighted by Crippen LogP contribution is 2.20. The molecule has 3 nitrogen and oxygen atoms in total. The van der Waals surface area contributed by atoms with Crippen molar-refractivity contribution in [1.82, 2.24) is 0 Å². The summed E-state index contributed by atoms with van der Waals surface area (Å²) >= 11 is 0. The van der Waals surface area contributed by atoms with Gasteiger partial charge in [0.2, 0.25) is 0 Å². The molecule has 0 fully saturated rings. The van der Waals surface area contributed by atoms with E-state index in [1.165, 1.54) is 12.5 Å². The molecule has 3 rings (SSSR count). The van der Waals surface area contributed by atoms with Crippen LogP contribution in [-0.2, 0) is 6.54 Å². The average Bonchev–Trinajstić information content (AvgIpc) is 3.08. The summed E-state index contributed by atoms with van der Waals surface area (Å²) in [5.74, 6) is -0.0706. The molecule has 0 atom stereocenters. The Hall–Kier alpha value is -2.81. The first-order chi connectivity index (χ1) is 10.3. The van der Waals surface area contributed by atoms with Crippen LogP contribution in [0.4, 0.5) is 5.69 Å². The lowest BCUT2D eigenvalue weighted by Crippen LogP contribution is -2.30. The lowest BCUT2D eigenvalue weighted by Gasteiger charge is -2.22. The molecule has 0 N–H and O–H groups in total. The van der Waals surface area contributed by atoms with Gasteiger partial charge < -0.3 is 9.32 Å². The van der Waals surface area contributed by atoms with Crippen molar-refractivity contribution in [1.29, 1.82) is 0 Å².